The van der Waals surface area contributed by atoms with Crippen LogP contribution in [0.3, 0.4) is 0 Å². The van der Waals surface area contributed by atoms with Crippen LogP contribution >= 0.6 is 0 Å². The van der Waals surface area contributed by atoms with Crippen molar-refractivity contribution in [3.05, 3.63) is 65.2 Å². The number of halogens is 3. The number of rotatable bonds is 5. The summed E-state index contributed by atoms with van der Waals surface area (Å²) in [5.74, 6) is 0. The zero-order chi connectivity index (χ0) is 21.8. The van der Waals surface area contributed by atoms with E-state index in [1.54, 1.807) is 18.2 Å². The van der Waals surface area contributed by atoms with Crippen molar-refractivity contribution in [3.8, 4) is 0 Å². The second-order valence-corrected chi connectivity index (χ2v) is 7.56. The molecular weight excluding hydrogens is 395 g/mol. The number of amides is 1. The van der Waals surface area contributed by atoms with Crippen LogP contribution in [0.4, 0.5) is 23.7 Å². The number of nitrogens with one attached hydrogen (secondary N) is 1. The van der Waals surface area contributed by atoms with Gasteiger partial charge in [0.2, 0.25) is 0 Å². The fourth-order valence-corrected chi connectivity index (χ4v) is 3.52. The van der Waals surface area contributed by atoms with Crippen LogP contribution in [0.1, 0.15) is 36.5 Å². The minimum absolute atomic E-state index is 0.168. The molecule has 0 aliphatic carbocycles. The Morgan fingerprint density at radius 1 is 1.13 bits per heavy atom. The zero-order valence-electron chi connectivity index (χ0n) is 16.8. The summed E-state index contributed by atoms with van der Waals surface area (Å²) >= 11 is 0. The number of anilines is 1. The first-order valence-electron chi connectivity index (χ1n) is 9.94. The molecule has 0 aromatic heterocycles. The molecule has 8 heteroatoms. The summed E-state index contributed by atoms with van der Waals surface area (Å²) in [6.07, 6.45) is -3.45. The van der Waals surface area contributed by atoms with Crippen LogP contribution in [0.25, 0.3) is 0 Å². The lowest BCUT2D eigenvalue weighted by atomic mass is 9.99. The first-order valence-corrected chi connectivity index (χ1v) is 9.94. The lowest BCUT2D eigenvalue weighted by Gasteiger charge is -2.38. The van der Waals surface area contributed by atoms with Gasteiger partial charge in [-0.15, -0.1) is 0 Å². The van der Waals surface area contributed by atoms with Crippen LogP contribution in [0, 0.1) is 0 Å². The molecule has 1 amide bonds. The van der Waals surface area contributed by atoms with E-state index in [1.807, 2.05) is 24.0 Å². The first kappa shape index (κ1) is 22.1. The number of hydrogen-bond acceptors (Lipinski definition) is 4. The molecule has 1 fully saturated rings. The topological polar surface area (TPSA) is 67.6 Å². The maximum Gasteiger partial charge on any atom is 0.416 e. The summed E-state index contributed by atoms with van der Waals surface area (Å²) in [6, 6.07) is 13.0. The highest BCUT2D eigenvalue weighted by atomic mass is 19.4. The number of likely N-dealkylation sites (tertiary alicyclic amines) is 1. The predicted octanol–water partition coefficient (Wildman–Crippen LogP) is 4.77. The molecule has 2 aromatic rings. The highest BCUT2D eigenvalue weighted by Gasteiger charge is 2.36. The molecule has 0 bridgehead atoms. The van der Waals surface area contributed by atoms with E-state index in [0.717, 1.165) is 18.1 Å². The van der Waals surface area contributed by atoms with Crippen molar-refractivity contribution >= 4 is 11.8 Å². The van der Waals surface area contributed by atoms with Crippen molar-refractivity contribution in [2.24, 2.45) is 5.73 Å². The van der Waals surface area contributed by atoms with Crippen molar-refractivity contribution in [1.29, 1.82) is 0 Å². The molecule has 3 N–H and O–H groups in total. The van der Waals surface area contributed by atoms with Gasteiger partial charge in [0.15, 0.2) is 5.72 Å². The Kier molecular flexibility index (Phi) is 6.67. The van der Waals surface area contributed by atoms with Gasteiger partial charge in [-0.25, -0.2) is 4.79 Å². The van der Waals surface area contributed by atoms with Crippen LogP contribution in [-0.4, -0.2) is 29.8 Å². The maximum atomic E-state index is 13.2. The molecule has 0 atom stereocenters. The van der Waals surface area contributed by atoms with Gasteiger partial charge in [-0.3, -0.25) is 16.0 Å². The summed E-state index contributed by atoms with van der Waals surface area (Å²) in [4.78, 5) is 14.1. The molecule has 0 saturated carbocycles. The van der Waals surface area contributed by atoms with E-state index in [0.29, 0.717) is 31.6 Å². The SMILES string of the molecule is CCc1ccc(NC(=O)OC2(N)CCN(Cc3ccccc3C(F)(F)F)CC2)cc1. The highest BCUT2D eigenvalue weighted by molar-refractivity contribution is 5.84. The van der Waals surface area contributed by atoms with Crippen molar-refractivity contribution in [1.82, 2.24) is 4.90 Å². The Morgan fingerprint density at radius 3 is 2.37 bits per heavy atom. The molecular formula is C22H26F3N3O2. The Morgan fingerprint density at radius 2 is 1.77 bits per heavy atom. The van der Waals surface area contributed by atoms with Crippen molar-refractivity contribution in [3.63, 3.8) is 0 Å². The smallest absolute Gasteiger partial charge is 0.416 e. The number of benzene rings is 2. The van der Waals surface area contributed by atoms with Crippen LogP contribution < -0.4 is 11.1 Å². The van der Waals surface area contributed by atoms with Gasteiger partial charge in [0.25, 0.3) is 0 Å². The molecule has 3 rings (SSSR count). The molecule has 1 aliphatic heterocycles. The quantitative estimate of drug-likeness (QED) is 0.683. The van der Waals surface area contributed by atoms with E-state index in [-0.39, 0.29) is 12.1 Å². The lowest BCUT2D eigenvalue weighted by molar-refractivity contribution is -0.138. The van der Waals surface area contributed by atoms with Crippen molar-refractivity contribution < 1.29 is 22.7 Å². The van der Waals surface area contributed by atoms with Crippen molar-refractivity contribution in [2.45, 2.75) is 44.6 Å². The summed E-state index contributed by atoms with van der Waals surface area (Å²) in [6.45, 7) is 3.08. The van der Waals surface area contributed by atoms with Gasteiger partial charge in [0, 0.05) is 38.2 Å². The molecule has 162 valence electrons. The van der Waals surface area contributed by atoms with E-state index in [4.69, 9.17) is 10.5 Å². The zero-order valence-corrected chi connectivity index (χ0v) is 16.8. The van der Waals surface area contributed by atoms with Crippen LogP contribution in [0.15, 0.2) is 48.5 Å². The number of nitrogens with two attached hydrogens (primary N) is 1. The van der Waals surface area contributed by atoms with Gasteiger partial charge in [-0.2, -0.15) is 13.2 Å². The third-order valence-electron chi connectivity index (χ3n) is 5.32. The lowest BCUT2D eigenvalue weighted by Crippen LogP contribution is -2.53. The predicted molar refractivity (Wildman–Crippen MR) is 109 cm³/mol. The van der Waals surface area contributed by atoms with Gasteiger partial charge in [0.05, 0.1) is 5.56 Å². The van der Waals surface area contributed by atoms with E-state index in [1.165, 1.54) is 12.1 Å². The average Bonchev–Trinajstić information content (AvgIpc) is 2.70. The average molecular weight is 421 g/mol. The number of nitrogens with zero attached hydrogens (tertiary/aromatic N) is 1. The van der Waals surface area contributed by atoms with E-state index >= 15 is 0 Å². The minimum atomic E-state index is -4.39. The summed E-state index contributed by atoms with van der Waals surface area (Å²) in [5, 5.41) is 2.66. The Labute approximate surface area is 174 Å². The van der Waals surface area contributed by atoms with Gasteiger partial charge < -0.3 is 4.74 Å². The number of carbonyl (C=O) groups excluding carboxylic acids is 1. The van der Waals surface area contributed by atoms with Gasteiger partial charge in [-0.05, 0) is 35.7 Å². The molecule has 1 saturated heterocycles. The first-order chi connectivity index (χ1) is 14.2. The molecule has 0 spiro atoms. The molecule has 0 radical (unpaired) electrons. The number of alkyl halides is 3. The fourth-order valence-electron chi connectivity index (χ4n) is 3.52. The highest BCUT2D eigenvalue weighted by Crippen LogP contribution is 2.33. The van der Waals surface area contributed by atoms with E-state index in [9.17, 15) is 18.0 Å². The normalized spacial score (nSPS) is 16.8. The second kappa shape index (κ2) is 9.06. The molecule has 30 heavy (non-hydrogen) atoms. The number of carbonyl (C=O) groups is 1. The molecule has 5 nitrogen and oxygen atoms in total. The Hall–Kier alpha value is -2.58. The minimum Gasteiger partial charge on any atom is -0.428 e. The Balaban J connectivity index is 1.53. The third-order valence-corrected chi connectivity index (χ3v) is 5.32. The maximum absolute atomic E-state index is 13.2. The van der Waals surface area contributed by atoms with Gasteiger partial charge in [0.1, 0.15) is 0 Å². The monoisotopic (exact) mass is 421 g/mol. The number of piperidine rings is 1. The van der Waals surface area contributed by atoms with Crippen molar-refractivity contribution in [2.75, 3.05) is 18.4 Å². The summed E-state index contributed by atoms with van der Waals surface area (Å²) in [7, 11) is 0. The number of hydrogen-bond donors (Lipinski definition) is 2. The molecule has 2 aromatic carbocycles. The standard InChI is InChI=1S/C22H26F3N3O2/c1-2-16-7-9-18(10-8-16)27-20(29)30-21(26)11-13-28(14-12-21)15-17-5-3-4-6-19(17)22(23,24)25/h3-10H,2,11-15,26H2,1H3,(H,27,29). The Bertz CT molecular complexity index is 861. The van der Waals surface area contributed by atoms with Crippen LogP contribution in [-0.2, 0) is 23.9 Å². The van der Waals surface area contributed by atoms with Crippen LogP contribution in [0.5, 0.6) is 0 Å². The number of ether oxygens (including phenoxy) is 1. The second-order valence-electron chi connectivity index (χ2n) is 7.56. The summed E-state index contributed by atoms with van der Waals surface area (Å²) in [5.41, 5.74) is 6.45. The van der Waals surface area contributed by atoms with E-state index in [2.05, 4.69) is 5.32 Å². The van der Waals surface area contributed by atoms with Crippen LogP contribution in [0.2, 0.25) is 0 Å². The third kappa shape index (κ3) is 5.73. The number of aryl methyl sites for hydroxylation is 1. The van der Waals surface area contributed by atoms with Gasteiger partial charge >= 0.3 is 12.3 Å². The summed E-state index contributed by atoms with van der Waals surface area (Å²) < 4.78 is 45.0. The largest absolute Gasteiger partial charge is 0.428 e. The molecule has 0 unspecified atom stereocenters. The van der Waals surface area contributed by atoms with Gasteiger partial charge in [-0.1, -0.05) is 37.3 Å². The fraction of sp³-hybridized carbons (Fsp3) is 0.409. The van der Waals surface area contributed by atoms with E-state index < -0.39 is 23.6 Å². The molecule has 1 heterocycles. The molecule has 1 aliphatic rings.